The van der Waals surface area contributed by atoms with E-state index in [1.807, 2.05) is 0 Å². The number of nitriles is 1. The Bertz CT molecular complexity index is 456. The predicted octanol–water partition coefficient (Wildman–Crippen LogP) is 2.35. The van der Waals surface area contributed by atoms with E-state index in [4.69, 9.17) is 4.74 Å². The molecule has 1 saturated heterocycles. The van der Waals surface area contributed by atoms with Crippen LogP contribution in [0.5, 0.6) is 0 Å². The highest BCUT2D eigenvalue weighted by atomic mass is 19.1. The third-order valence-corrected chi connectivity index (χ3v) is 3.90. The number of halogens is 1. The monoisotopic (exact) mass is 249 g/mol. The quantitative estimate of drug-likeness (QED) is 0.875. The molecule has 1 heterocycles. The maximum atomic E-state index is 12.9. The van der Waals surface area contributed by atoms with Crippen LogP contribution >= 0.6 is 0 Å². The molecule has 1 aliphatic heterocycles. The lowest BCUT2D eigenvalue weighted by Crippen LogP contribution is -2.46. The van der Waals surface area contributed by atoms with E-state index in [9.17, 15) is 14.8 Å². The summed E-state index contributed by atoms with van der Waals surface area (Å²) < 4.78 is 18.2. The molecule has 2 rings (SSSR count). The lowest BCUT2D eigenvalue weighted by atomic mass is 9.66. The Morgan fingerprint density at radius 2 is 1.89 bits per heavy atom. The molecule has 1 aliphatic rings. The van der Waals surface area contributed by atoms with Crippen LogP contribution in [0.25, 0.3) is 0 Å². The van der Waals surface area contributed by atoms with Crippen LogP contribution in [0.2, 0.25) is 0 Å². The summed E-state index contributed by atoms with van der Waals surface area (Å²) in [5.74, 6) is -0.354. The van der Waals surface area contributed by atoms with Crippen LogP contribution in [0.3, 0.4) is 0 Å². The van der Waals surface area contributed by atoms with E-state index in [2.05, 4.69) is 6.07 Å². The van der Waals surface area contributed by atoms with Gasteiger partial charge in [-0.1, -0.05) is 12.1 Å². The van der Waals surface area contributed by atoms with E-state index in [0.717, 1.165) is 0 Å². The fourth-order valence-corrected chi connectivity index (χ4v) is 2.48. The number of rotatable bonds is 2. The lowest BCUT2D eigenvalue weighted by molar-refractivity contribution is -0.0975. The minimum absolute atomic E-state index is 0.354. The van der Waals surface area contributed by atoms with Gasteiger partial charge in [0.15, 0.2) is 0 Å². The summed E-state index contributed by atoms with van der Waals surface area (Å²) in [4.78, 5) is 0. The summed E-state index contributed by atoms with van der Waals surface area (Å²) in [5, 5.41) is 20.2. The normalized spacial score (nSPS) is 21.9. The lowest BCUT2D eigenvalue weighted by Gasteiger charge is -2.42. The third-order valence-electron chi connectivity index (χ3n) is 3.90. The van der Waals surface area contributed by atoms with Gasteiger partial charge in [0.25, 0.3) is 0 Å². The fraction of sp³-hybridized carbons (Fsp3) is 0.500. The zero-order valence-corrected chi connectivity index (χ0v) is 10.3. The van der Waals surface area contributed by atoms with Crippen molar-refractivity contribution in [2.45, 2.75) is 25.4 Å². The van der Waals surface area contributed by atoms with Crippen LogP contribution in [0.4, 0.5) is 4.39 Å². The zero-order chi connectivity index (χ0) is 13.2. The summed E-state index contributed by atoms with van der Waals surface area (Å²) in [6, 6.07) is 7.91. The minimum atomic E-state index is -1.31. The van der Waals surface area contributed by atoms with Gasteiger partial charge in [0, 0.05) is 13.2 Å². The number of aliphatic hydroxyl groups is 1. The van der Waals surface area contributed by atoms with E-state index in [-0.39, 0.29) is 5.82 Å². The molecule has 1 unspecified atom stereocenters. The molecule has 1 atom stereocenters. The Morgan fingerprint density at radius 1 is 1.33 bits per heavy atom. The molecule has 0 radical (unpaired) electrons. The molecular formula is C14H16FNO2. The largest absolute Gasteiger partial charge is 0.384 e. The van der Waals surface area contributed by atoms with Gasteiger partial charge in [-0.05, 0) is 37.5 Å². The molecule has 1 aromatic rings. The van der Waals surface area contributed by atoms with Crippen LogP contribution in [0.15, 0.2) is 24.3 Å². The Hall–Kier alpha value is -1.44. The Morgan fingerprint density at radius 3 is 2.39 bits per heavy atom. The first-order valence-corrected chi connectivity index (χ1v) is 5.99. The maximum Gasteiger partial charge on any atom is 0.123 e. The van der Waals surface area contributed by atoms with Crippen molar-refractivity contribution in [3.8, 4) is 6.07 Å². The summed E-state index contributed by atoms with van der Waals surface area (Å²) in [7, 11) is 0. The van der Waals surface area contributed by atoms with Crippen molar-refractivity contribution >= 4 is 0 Å². The molecule has 0 aromatic heterocycles. The first-order valence-electron chi connectivity index (χ1n) is 5.99. The first-order chi connectivity index (χ1) is 8.52. The molecule has 96 valence electrons. The van der Waals surface area contributed by atoms with Crippen molar-refractivity contribution in [1.82, 2.24) is 0 Å². The van der Waals surface area contributed by atoms with Gasteiger partial charge in [-0.15, -0.1) is 0 Å². The number of hydrogen-bond donors (Lipinski definition) is 1. The average Bonchev–Trinajstić information content (AvgIpc) is 2.40. The first kappa shape index (κ1) is 13.0. The van der Waals surface area contributed by atoms with Crippen molar-refractivity contribution in [3.63, 3.8) is 0 Å². The second-order valence-corrected chi connectivity index (χ2v) is 4.89. The SMILES string of the molecule is CC(O)(c1ccc(F)cc1)C1(C#N)CCOCC1. The van der Waals surface area contributed by atoms with E-state index >= 15 is 0 Å². The van der Waals surface area contributed by atoms with Crippen molar-refractivity contribution in [2.24, 2.45) is 5.41 Å². The van der Waals surface area contributed by atoms with Crippen molar-refractivity contribution in [1.29, 1.82) is 5.26 Å². The van der Waals surface area contributed by atoms with Gasteiger partial charge in [0.2, 0.25) is 0 Å². The Labute approximate surface area is 106 Å². The van der Waals surface area contributed by atoms with Crippen molar-refractivity contribution in [3.05, 3.63) is 35.6 Å². The maximum absolute atomic E-state index is 12.9. The highest BCUT2D eigenvalue weighted by Crippen LogP contribution is 2.46. The van der Waals surface area contributed by atoms with E-state index in [0.29, 0.717) is 31.6 Å². The van der Waals surface area contributed by atoms with Gasteiger partial charge >= 0.3 is 0 Å². The molecule has 4 heteroatoms. The molecule has 0 aliphatic carbocycles. The number of nitrogens with zero attached hydrogens (tertiary/aromatic N) is 1. The summed E-state index contributed by atoms with van der Waals surface area (Å²) >= 11 is 0. The van der Waals surface area contributed by atoms with Gasteiger partial charge < -0.3 is 9.84 Å². The predicted molar refractivity (Wildman–Crippen MR) is 64.1 cm³/mol. The van der Waals surface area contributed by atoms with Crippen LogP contribution in [-0.4, -0.2) is 18.3 Å². The highest BCUT2D eigenvalue weighted by Gasteiger charge is 2.49. The van der Waals surface area contributed by atoms with Crippen molar-refractivity contribution < 1.29 is 14.2 Å². The molecule has 0 bridgehead atoms. The molecule has 1 N–H and O–H groups in total. The molecule has 0 amide bonds. The fourth-order valence-electron chi connectivity index (χ4n) is 2.48. The number of hydrogen-bond acceptors (Lipinski definition) is 3. The van der Waals surface area contributed by atoms with E-state index < -0.39 is 11.0 Å². The zero-order valence-electron chi connectivity index (χ0n) is 10.3. The van der Waals surface area contributed by atoms with Crippen LogP contribution in [0, 0.1) is 22.6 Å². The number of ether oxygens (including phenoxy) is 1. The van der Waals surface area contributed by atoms with Gasteiger partial charge in [-0.25, -0.2) is 4.39 Å². The Kier molecular flexibility index (Phi) is 3.38. The summed E-state index contributed by atoms with van der Waals surface area (Å²) in [6.07, 6.45) is 0.960. The van der Waals surface area contributed by atoms with Crippen LogP contribution in [0.1, 0.15) is 25.3 Å². The number of benzene rings is 1. The molecule has 18 heavy (non-hydrogen) atoms. The molecule has 3 nitrogen and oxygen atoms in total. The van der Waals surface area contributed by atoms with Gasteiger partial charge in [-0.2, -0.15) is 5.26 Å². The standard InChI is InChI=1S/C14H16FNO2/c1-13(17,11-2-4-12(15)5-3-11)14(10-16)6-8-18-9-7-14/h2-5,17H,6-9H2,1H3. The average molecular weight is 249 g/mol. The second kappa shape index (κ2) is 4.68. The minimum Gasteiger partial charge on any atom is -0.384 e. The molecule has 0 saturated carbocycles. The van der Waals surface area contributed by atoms with E-state index in [1.54, 1.807) is 6.92 Å². The molecule has 0 spiro atoms. The molecule has 1 aromatic carbocycles. The van der Waals surface area contributed by atoms with Gasteiger partial charge in [0.1, 0.15) is 11.4 Å². The topological polar surface area (TPSA) is 53.2 Å². The van der Waals surface area contributed by atoms with Gasteiger partial charge in [0.05, 0.1) is 11.5 Å². The molecular weight excluding hydrogens is 233 g/mol. The summed E-state index contributed by atoms with van der Waals surface area (Å²) in [5.41, 5.74) is -1.62. The smallest absolute Gasteiger partial charge is 0.123 e. The Balaban J connectivity index is 2.39. The third kappa shape index (κ3) is 2.00. The molecule has 1 fully saturated rings. The van der Waals surface area contributed by atoms with Crippen molar-refractivity contribution in [2.75, 3.05) is 13.2 Å². The van der Waals surface area contributed by atoms with Gasteiger partial charge in [-0.3, -0.25) is 0 Å². The highest BCUT2D eigenvalue weighted by molar-refractivity contribution is 5.28. The van der Waals surface area contributed by atoms with Crippen LogP contribution in [-0.2, 0) is 10.3 Å². The van der Waals surface area contributed by atoms with Crippen LogP contribution < -0.4 is 0 Å². The second-order valence-electron chi connectivity index (χ2n) is 4.89. The van der Waals surface area contributed by atoms with E-state index in [1.165, 1.54) is 24.3 Å². The summed E-state index contributed by atoms with van der Waals surface area (Å²) in [6.45, 7) is 2.55.